The Kier molecular flexibility index (Phi) is 3.93. The van der Waals surface area contributed by atoms with Gasteiger partial charge in [-0.25, -0.2) is 4.79 Å². The van der Waals surface area contributed by atoms with Crippen LogP contribution in [0.5, 0.6) is 5.75 Å². The van der Waals surface area contributed by atoms with Gasteiger partial charge in [-0.2, -0.15) is 5.10 Å². The first-order valence-electron chi connectivity index (χ1n) is 10.1. The molecule has 154 valence electrons. The molecule has 0 bridgehead atoms. The van der Waals surface area contributed by atoms with Crippen molar-refractivity contribution in [3.8, 4) is 28.1 Å². The van der Waals surface area contributed by atoms with Crippen LogP contribution in [0, 0.1) is 5.41 Å². The second-order valence-corrected chi connectivity index (χ2v) is 9.08. The van der Waals surface area contributed by atoms with Crippen LogP contribution in [0.15, 0.2) is 35.5 Å². The number of aromatic amines is 1. The molecule has 7 nitrogen and oxygen atoms in total. The highest BCUT2D eigenvalue weighted by Crippen LogP contribution is 2.49. The molecular weight excluding hydrogens is 382 g/mol. The van der Waals surface area contributed by atoms with Gasteiger partial charge in [-0.3, -0.25) is 9.89 Å². The number of carbonyl (C=O) groups is 1. The Labute approximate surface area is 173 Å². The molecule has 30 heavy (non-hydrogen) atoms. The van der Waals surface area contributed by atoms with Crippen molar-refractivity contribution < 1.29 is 14.6 Å². The maximum Gasteiger partial charge on any atom is 0.341 e. The molecule has 2 N–H and O–H groups in total. The average Bonchev–Trinajstić information content (AvgIpc) is 3.37. The molecule has 0 fully saturated rings. The number of pyridine rings is 1. The first-order chi connectivity index (χ1) is 14.3. The Morgan fingerprint density at radius 3 is 2.73 bits per heavy atom. The van der Waals surface area contributed by atoms with Crippen molar-refractivity contribution in [1.82, 2.24) is 14.8 Å². The molecule has 2 aromatic heterocycles. The Bertz CT molecular complexity index is 1230. The van der Waals surface area contributed by atoms with Gasteiger partial charge in [0.15, 0.2) is 5.43 Å². The molecule has 0 saturated heterocycles. The third-order valence-electron chi connectivity index (χ3n) is 6.22. The maximum absolute atomic E-state index is 12.6. The molecule has 0 unspecified atom stereocenters. The standard InChI is InChI=1S/C23H23N3O4/c1-23(2,3)20-7-15-13-4-5-30-21(13)14(12-9-24-25-10-12)6-16(15)18-8-19(27)17(22(28)29)11-26(18)20/h6,8-11,20H,4-5,7H2,1-3H3,(H,24,25)(H,28,29)/t20-/m0/s1. The first kappa shape index (κ1) is 18.7. The van der Waals surface area contributed by atoms with Crippen molar-refractivity contribution >= 4 is 5.97 Å². The summed E-state index contributed by atoms with van der Waals surface area (Å²) in [5.41, 5.74) is 5.14. The summed E-state index contributed by atoms with van der Waals surface area (Å²) in [5, 5.41) is 16.4. The Morgan fingerprint density at radius 1 is 1.27 bits per heavy atom. The second-order valence-electron chi connectivity index (χ2n) is 9.08. The van der Waals surface area contributed by atoms with E-state index in [-0.39, 0.29) is 17.0 Å². The molecule has 2 aliphatic rings. The minimum absolute atomic E-state index is 0.0168. The summed E-state index contributed by atoms with van der Waals surface area (Å²) in [6, 6.07) is 3.54. The van der Waals surface area contributed by atoms with Crippen LogP contribution >= 0.6 is 0 Å². The molecule has 2 aliphatic heterocycles. The summed E-state index contributed by atoms with van der Waals surface area (Å²) in [6.07, 6.45) is 6.67. The minimum atomic E-state index is -1.20. The summed E-state index contributed by atoms with van der Waals surface area (Å²) in [6.45, 7) is 7.05. The van der Waals surface area contributed by atoms with Crippen LogP contribution < -0.4 is 10.2 Å². The SMILES string of the molecule is CC(C)(C)[C@@H]1Cc2c(cc(-c3cn[nH]c3)c3c2CCO3)-c2cc(=O)c(C(=O)O)cn21. The number of H-pyrrole nitrogens is 1. The van der Waals surface area contributed by atoms with E-state index in [1.165, 1.54) is 23.4 Å². The van der Waals surface area contributed by atoms with Gasteiger partial charge >= 0.3 is 5.97 Å². The van der Waals surface area contributed by atoms with Crippen molar-refractivity contribution in [2.45, 2.75) is 39.7 Å². The largest absolute Gasteiger partial charge is 0.492 e. The predicted molar refractivity (Wildman–Crippen MR) is 112 cm³/mol. The van der Waals surface area contributed by atoms with Crippen LogP contribution in [0.1, 0.15) is 48.3 Å². The van der Waals surface area contributed by atoms with Crippen LogP contribution in [-0.4, -0.2) is 32.4 Å². The first-order valence-corrected chi connectivity index (χ1v) is 10.1. The number of rotatable bonds is 2. The van der Waals surface area contributed by atoms with Gasteiger partial charge in [0.2, 0.25) is 0 Å². The summed E-state index contributed by atoms with van der Waals surface area (Å²) >= 11 is 0. The van der Waals surface area contributed by atoms with E-state index in [1.54, 1.807) is 6.20 Å². The van der Waals surface area contributed by atoms with Gasteiger partial charge in [0.1, 0.15) is 11.3 Å². The smallest absolute Gasteiger partial charge is 0.341 e. The van der Waals surface area contributed by atoms with Crippen LogP contribution in [-0.2, 0) is 12.8 Å². The lowest BCUT2D eigenvalue weighted by Crippen LogP contribution is -2.33. The minimum Gasteiger partial charge on any atom is -0.492 e. The highest BCUT2D eigenvalue weighted by atomic mass is 16.5. The third-order valence-corrected chi connectivity index (χ3v) is 6.22. The molecule has 7 heteroatoms. The van der Waals surface area contributed by atoms with Gasteiger partial charge in [0.05, 0.1) is 18.5 Å². The van der Waals surface area contributed by atoms with E-state index < -0.39 is 11.4 Å². The van der Waals surface area contributed by atoms with Gasteiger partial charge in [-0.1, -0.05) is 20.8 Å². The number of nitrogens with one attached hydrogen (secondary N) is 1. The number of fused-ring (bicyclic) bond motifs is 5. The maximum atomic E-state index is 12.6. The molecule has 0 radical (unpaired) electrons. The van der Waals surface area contributed by atoms with E-state index in [0.717, 1.165) is 41.0 Å². The van der Waals surface area contributed by atoms with Gasteiger partial charge < -0.3 is 14.4 Å². The quantitative estimate of drug-likeness (QED) is 0.678. The highest BCUT2D eigenvalue weighted by Gasteiger charge is 2.37. The fourth-order valence-electron chi connectivity index (χ4n) is 4.72. The average molecular weight is 405 g/mol. The number of hydrogen-bond acceptors (Lipinski definition) is 4. The second kappa shape index (κ2) is 6.32. The molecular formula is C23H23N3O4. The number of aromatic nitrogens is 3. The fraction of sp³-hybridized carbons (Fsp3) is 0.348. The Balaban J connectivity index is 1.84. The normalized spacial score (nSPS) is 17.1. The number of benzene rings is 1. The summed E-state index contributed by atoms with van der Waals surface area (Å²) in [4.78, 5) is 24.2. The number of aromatic carboxylic acids is 1. The van der Waals surface area contributed by atoms with E-state index in [4.69, 9.17) is 4.74 Å². The van der Waals surface area contributed by atoms with Gasteiger partial charge in [-0.15, -0.1) is 0 Å². The van der Waals surface area contributed by atoms with Crippen molar-refractivity contribution in [2.24, 2.45) is 5.41 Å². The number of hydrogen-bond donors (Lipinski definition) is 2. The van der Waals surface area contributed by atoms with Gasteiger partial charge in [0, 0.05) is 53.2 Å². The van der Waals surface area contributed by atoms with Gasteiger partial charge in [-0.05, 0) is 23.5 Å². The van der Waals surface area contributed by atoms with Crippen LogP contribution in [0.3, 0.4) is 0 Å². The number of carboxylic acid groups (broad SMARTS) is 1. The lowest BCUT2D eigenvalue weighted by Gasteiger charge is -2.39. The fourth-order valence-corrected chi connectivity index (χ4v) is 4.72. The zero-order chi connectivity index (χ0) is 21.2. The highest BCUT2D eigenvalue weighted by molar-refractivity contribution is 5.88. The van der Waals surface area contributed by atoms with Crippen LogP contribution in [0.4, 0.5) is 0 Å². The van der Waals surface area contributed by atoms with Crippen LogP contribution in [0.25, 0.3) is 22.4 Å². The molecule has 0 spiro atoms. The van der Waals surface area contributed by atoms with E-state index in [1.807, 2.05) is 10.8 Å². The zero-order valence-electron chi connectivity index (χ0n) is 17.2. The Hall–Kier alpha value is -3.35. The molecule has 5 rings (SSSR count). The summed E-state index contributed by atoms with van der Waals surface area (Å²) in [5.74, 6) is -0.309. The summed E-state index contributed by atoms with van der Waals surface area (Å²) in [7, 11) is 0. The van der Waals surface area contributed by atoms with Crippen molar-refractivity contribution in [2.75, 3.05) is 6.61 Å². The van der Waals surface area contributed by atoms with Gasteiger partial charge in [0.25, 0.3) is 0 Å². The van der Waals surface area contributed by atoms with E-state index in [0.29, 0.717) is 6.61 Å². The van der Waals surface area contributed by atoms with E-state index in [2.05, 4.69) is 37.0 Å². The summed E-state index contributed by atoms with van der Waals surface area (Å²) < 4.78 is 8.00. The topological polar surface area (TPSA) is 97.2 Å². The third kappa shape index (κ3) is 2.69. The molecule has 1 aromatic carbocycles. The molecule has 4 heterocycles. The molecule has 0 saturated carbocycles. The van der Waals surface area contributed by atoms with E-state index >= 15 is 0 Å². The van der Waals surface area contributed by atoms with E-state index in [9.17, 15) is 14.7 Å². The lowest BCUT2D eigenvalue weighted by atomic mass is 9.76. The molecule has 1 atom stereocenters. The van der Waals surface area contributed by atoms with Crippen LogP contribution in [0.2, 0.25) is 0 Å². The lowest BCUT2D eigenvalue weighted by molar-refractivity contribution is 0.0693. The zero-order valence-corrected chi connectivity index (χ0v) is 17.2. The molecule has 3 aromatic rings. The predicted octanol–water partition coefficient (Wildman–Crippen LogP) is 3.68. The number of nitrogens with zero attached hydrogens (tertiary/aromatic N) is 2. The monoisotopic (exact) mass is 405 g/mol. The molecule has 0 amide bonds. The Morgan fingerprint density at radius 2 is 2.07 bits per heavy atom. The molecule has 0 aliphatic carbocycles. The van der Waals surface area contributed by atoms with Crippen molar-refractivity contribution in [3.63, 3.8) is 0 Å². The van der Waals surface area contributed by atoms with Crippen molar-refractivity contribution in [1.29, 1.82) is 0 Å². The number of carboxylic acids is 1. The number of ether oxygens (including phenoxy) is 1. The van der Waals surface area contributed by atoms with Crippen molar-refractivity contribution in [3.05, 3.63) is 57.6 Å².